The molecule has 100 valence electrons. The molecule has 0 saturated heterocycles. The van der Waals surface area contributed by atoms with Crippen LogP contribution in [0.25, 0.3) is 11.5 Å². The maximum Gasteiger partial charge on any atom is 0.258 e. The predicted octanol–water partition coefficient (Wildman–Crippen LogP) is 2.89. The quantitative estimate of drug-likeness (QED) is 0.925. The SMILES string of the molecule is Nc1cc(-c2nc(CSC3CCCC3)no2)ccn1. The monoisotopic (exact) mass is 276 g/mol. The van der Waals surface area contributed by atoms with E-state index in [-0.39, 0.29) is 0 Å². The van der Waals surface area contributed by atoms with Crippen LogP contribution in [0.3, 0.4) is 0 Å². The van der Waals surface area contributed by atoms with Crippen LogP contribution in [0, 0.1) is 0 Å². The summed E-state index contributed by atoms with van der Waals surface area (Å²) < 4.78 is 5.26. The van der Waals surface area contributed by atoms with Crippen molar-refractivity contribution >= 4 is 17.6 Å². The minimum Gasteiger partial charge on any atom is -0.384 e. The van der Waals surface area contributed by atoms with Gasteiger partial charge in [0.25, 0.3) is 5.89 Å². The number of hydrogen-bond donors (Lipinski definition) is 1. The number of pyridine rings is 1. The molecule has 0 amide bonds. The summed E-state index contributed by atoms with van der Waals surface area (Å²) >= 11 is 1.93. The fraction of sp³-hybridized carbons (Fsp3) is 0.462. The Morgan fingerprint density at radius 3 is 3.00 bits per heavy atom. The van der Waals surface area contributed by atoms with Crippen molar-refractivity contribution in [3.63, 3.8) is 0 Å². The second-order valence-electron chi connectivity index (χ2n) is 4.70. The highest BCUT2D eigenvalue weighted by atomic mass is 32.2. The first-order valence-electron chi connectivity index (χ1n) is 6.47. The van der Waals surface area contributed by atoms with E-state index in [1.54, 1.807) is 12.3 Å². The Balaban J connectivity index is 1.65. The minimum absolute atomic E-state index is 0.456. The highest BCUT2D eigenvalue weighted by Crippen LogP contribution is 2.31. The van der Waals surface area contributed by atoms with Gasteiger partial charge in [-0.2, -0.15) is 16.7 Å². The highest BCUT2D eigenvalue weighted by Gasteiger charge is 2.17. The number of hydrogen-bond acceptors (Lipinski definition) is 6. The Hall–Kier alpha value is -1.56. The molecule has 2 N–H and O–H groups in total. The van der Waals surface area contributed by atoms with Crippen LogP contribution in [0.15, 0.2) is 22.9 Å². The normalized spacial score (nSPS) is 16.0. The molecule has 0 radical (unpaired) electrons. The number of aromatic nitrogens is 3. The lowest BCUT2D eigenvalue weighted by molar-refractivity contribution is 0.425. The molecule has 0 aromatic carbocycles. The summed E-state index contributed by atoms with van der Waals surface area (Å²) in [7, 11) is 0. The first-order chi connectivity index (χ1) is 9.31. The molecule has 1 saturated carbocycles. The van der Waals surface area contributed by atoms with Gasteiger partial charge < -0.3 is 10.3 Å². The maximum atomic E-state index is 5.64. The molecule has 2 aromatic heterocycles. The van der Waals surface area contributed by atoms with Crippen molar-refractivity contribution in [2.45, 2.75) is 36.7 Å². The lowest BCUT2D eigenvalue weighted by Gasteiger charge is -2.04. The molecule has 19 heavy (non-hydrogen) atoms. The molecule has 1 aliphatic rings. The van der Waals surface area contributed by atoms with Gasteiger partial charge in [-0.15, -0.1) is 0 Å². The molecule has 2 heterocycles. The molecular formula is C13H16N4OS. The Labute approximate surface area is 116 Å². The molecule has 0 spiro atoms. The maximum absolute atomic E-state index is 5.64. The van der Waals surface area contributed by atoms with E-state index in [4.69, 9.17) is 10.3 Å². The third kappa shape index (κ3) is 3.07. The molecule has 1 aliphatic carbocycles. The summed E-state index contributed by atoms with van der Waals surface area (Å²) in [6, 6.07) is 3.55. The van der Waals surface area contributed by atoms with Crippen molar-refractivity contribution < 1.29 is 4.52 Å². The second-order valence-corrected chi connectivity index (χ2v) is 5.99. The van der Waals surface area contributed by atoms with Crippen molar-refractivity contribution in [3.8, 4) is 11.5 Å². The van der Waals surface area contributed by atoms with E-state index in [0.717, 1.165) is 22.4 Å². The van der Waals surface area contributed by atoms with Gasteiger partial charge in [-0.3, -0.25) is 0 Å². The molecule has 5 nitrogen and oxygen atoms in total. The van der Waals surface area contributed by atoms with Gasteiger partial charge in [0.1, 0.15) is 5.82 Å². The second kappa shape index (κ2) is 5.61. The van der Waals surface area contributed by atoms with Crippen molar-refractivity contribution in [2.24, 2.45) is 0 Å². The molecule has 0 aliphatic heterocycles. The zero-order valence-electron chi connectivity index (χ0n) is 10.6. The summed E-state index contributed by atoms with van der Waals surface area (Å²) in [5.41, 5.74) is 6.46. The molecule has 1 fully saturated rings. The first kappa shape index (κ1) is 12.5. The van der Waals surface area contributed by atoms with Crippen molar-refractivity contribution in [1.29, 1.82) is 0 Å². The van der Waals surface area contributed by atoms with E-state index in [1.165, 1.54) is 25.7 Å². The van der Waals surface area contributed by atoms with E-state index in [1.807, 2.05) is 17.8 Å². The van der Waals surface area contributed by atoms with E-state index in [2.05, 4.69) is 15.1 Å². The summed E-state index contributed by atoms with van der Waals surface area (Å²) in [5, 5.41) is 4.78. The van der Waals surface area contributed by atoms with E-state index in [0.29, 0.717) is 11.7 Å². The van der Waals surface area contributed by atoms with Crippen LogP contribution in [-0.2, 0) is 5.75 Å². The Kier molecular flexibility index (Phi) is 3.68. The Bertz CT molecular complexity index is 551. The molecular weight excluding hydrogens is 260 g/mol. The van der Waals surface area contributed by atoms with Gasteiger partial charge in [-0.05, 0) is 25.0 Å². The van der Waals surface area contributed by atoms with Crippen molar-refractivity contribution in [1.82, 2.24) is 15.1 Å². The summed E-state index contributed by atoms with van der Waals surface area (Å²) in [6.07, 6.45) is 6.98. The van der Waals surface area contributed by atoms with Crippen LogP contribution in [0.5, 0.6) is 0 Å². The zero-order valence-corrected chi connectivity index (χ0v) is 11.4. The molecule has 6 heteroatoms. The van der Waals surface area contributed by atoms with Gasteiger partial charge in [-0.1, -0.05) is 18.0 Å². The smallest absolute Gasteiger partial charge is 0.258 e. The van der Waals surface area contributed by atoms with Crippen LogP contribution in [0.4, 0.5) is 5.82 Å². The van der Waals surface area contributed by atoms with Gasteiger partial charge >= 0.3 is 0 Å². The molecule has 2 aromatic rings. The number of nitrogens with zero attached hydrogens (tertiary/aromatic N) is 3. The summed E-state index contributed by atoms with van der Waals surface area (Å²) in [5.74, 6) is 2.53. The fourth-order valence-electron chi connectivity index (χ4n) is 2.26. The Morgan fingerprint density at radius 1 is 1.37 bits per heavy atom. The lowest BCUT2D eigenvalue weighted by atomic mass is 10.2. The van der Waals surface area contributed by atoms with E-state index >= 15 is 0 Å². The molecule has 0 atom stereocenters. The number of nitrogen functional groups attached to an aromatic ring is 1. The largest absolute Gasteiger partial charge is 0.384 e. The topological polar surface area (TPSA) is 77.8 Å². The van der Waals surface area contributed by atoms with Gasteiger partial charge in [0, 0.05) is 17.0 Å². The molecule has 0 bridgehead atoms. The third-order valence-electron chi connectivity index (χ3n) is 3.25. The van der Waals surface area contributed by atoms with Gasteiger partial charge in [0.05, 0.1) is 5.75 Å². The average Bonchev–Trinajstić information content (AvgIpc) is 3.08. The molecule has 0 unspecified atom stereocenters. The number of anilines is 1. The third-order valence-corrected chi connectivity index (χ3v) is 4.61. The van der Waals surface area contributed by atoms with Crippen LogP contribution < -0.4 is 5.73 Å². The number of rotatable bonds is 4. The standard InChI is InChI=1S/C13H16N4OS/c14-11-7-9(5-6-15-11)13-16-12(17-18-13)8-19-10-3-1-2-4-10/h5-7,10H,1-4,8H2,(H2,14,15). The Morgan fingerprint density at radius 2 is 2.21 bits per heavy atom. The average molecular weight is 276 g/mol. The summed E-state index contributed by atoms with van der Waals surface area (Å²) in [4.78, 5) is 8.35. The number of thioether (sulfide) groups is 1. The summed E-state index contributed by atoms with van der Waals surface area (Å²) in [6.45, 7) is 0. The fourth-order valence-corrected chi connectivity index (χ4v) is 3.43. The predicted molar refractivity (Wildman–Crippen MR) is 75.5 cm³/mol. The van der Waals surface area contributed by atoms with Gasteiger partial charge in [0.2, 0.25) is 0 Å². The van der Waals surface area contributed by atoms with Gasteiger partial charge in [0.15, 0.2) is 5.82 Å². The highest BCUT2D eigenvalue weighted by molar-refractivity contribution is 7.99. The first-order valence-corrected chi connectivity index (χ1v) is 7.52. The van der Waals surface area contributed by atoms with Crippen molar-refractivity contribution in [2.75, 3.05) is 5.73 Å². The lowest BCUT2D eigenvalue weighted by Crippen LogP contribution is -1.95. The van der Waals surface area contributed by atoms with Crippen molar-refractivity contribution in [3.05, 3.63) is 24.2 Å². The van der Waals surface area contributed by atoms with E-state index < -0.39 is 0 Å². The van der Waals surface area contributed by atoms with Crippen LogP contribution >= 0.6 is 11.8 Å². The van der Waals surface area contributed by atoms with Crippen LogP contribution in [-0.4, -0.2) is 20.4 Å². The van der Waals surface area contributed by atoms with E-state index in [9.17, 15) is 0 Å². The van der Waals surface area contributed by atoms with Gasteiger partial charge in [-0.25, -0.2) is 4.98 Å². The molecule has 3 rings (SSSR count). The van der Waals surface area contributed by atoms with Crippen LogP contribution in [0.1, 0.15) is 31.5 Å². The zero-order chi connectivity index (χ0) is 13.1. The van der Waals surface area contributed by atoms with Crippen LogP contribution in [0.2, 0.25) is 0 Å². The minimum atomic E-state index is 0.456. The number of nitrogens with two attached hydrogens (primary N) is 1.